The summed E-state index contributed by atoms with van der Waals surface area (Å²) in [6.07, 6.45) is 4.49. The first-order valence-electron chi connectivity index (χ1n) is 8.14. The normalized spacial score (nSPS) is 12.8. The first kappa shape index (κ1) is 16.7. The zero-order valence-corrected chi connectivity index (χ0v) is 14.4. The zero-order chi connectivity index (χ0) is 15.8. The SMILES string of the molecule is Cc1ccc(C[n+]2cc(-c3ccc(F)cc3)n3c2CCC3)cc1.[Cl-]. The summed E-state index contributed by atoms with van der Waals surface area (Å²) in [4.78, 5) is 0. The molecule has 4 rings (SSSR count). The van der Waals surface area contributed by atoms with Crippen molar-refractivity contribution in [3.05, 3.63) is 77.5 Å². The van der Waals surface area contributed by atoms with Crippen LogP contribution in [0.2, 0.25) is 0 Å². The molecule has 1 aliphatic rings. The van der Waals surface area contributed by atoms with Gasteiger partial charge in [-0.2, -0.15) is 0 Å². The summed E-state index contributed by atoms with van der Waals surface area (Å²) in [5, 5.41) is 0. The van der Waals surface area contributed by atoms with Gasteiger partial charge >= 0.3 is 0 Å². The molecule has 0 unspecified atom stereocenters. The minimum atomic E-state index is -0.186. The molecule has 0 fully saturated rings. The quantitative estimate of drug-likeness (QED) is 0.625. The third-order valence-electron chi connectivity index (χ3n) is 4.61. The number of aromatic nitrogens is 2. The number of imidazole rings is 1. The van der Waals surface area contributed by atoms with Gasteiger partial charge in [0.1, 0.15) is 18.6 Å². The Morgan fingerprint density at radius 1 is 1.04 bits per heavy atom. The monoisotopic (exact) mass is 342 g/mol. The van der Waals surface area contributed by atoms with Gasteiger partial charge in [0, 0.05) is 5.56 Å². The molecular formula is C20H20ClFN2. The number of rotatable bonds is 3. The molecule has 0 saturated heterocycles. The Balaban J connectivity index is 0.00000169. The van der Waals surface area contributed by atoms with Crippen LogP contribution in [-0.2, 0) is 19.5 Å². The van der Waals surface area contributed by atoms with Crippen LogP contribution in [0.1, 0.15) is 23.4 Å². The van der Waals surface area contributed by atoms with E-state index in [1.165, 1.54) is 41.2 Å². The standard InChI is InChI=1S/C20H20FN2.ClH/c1-15-4-6-16(7-5-15)13-22-14-19(23-12-2-3-20(22)23)17-8-10-18(21)11-9-17;/h4-11,14H,2-3,12-13H2,1H3;1H/q+1;/p-1. The van der Waals surface area contributed by atoms with Crippen LogP contribution in [0.25, 0.3) is 11.3 Å². The average molecular weight is 343 g/mol. The van der Waals surface area contributed by atoms with Gasteiger partial charge < -0.3 is 12.4 Å². The largest absolute Gasteiger partial charge is 1.00 e. The van der Waals surface area contributed by atoms with Crippen molar-refractivity contribution in [1.29, 1.82) is 0 Å². The molecule has 3 aromatic rings. The number of benzene rings is 2. The van der Waals surface area contributed by atoms with Gasteiger partial charge in [0.05, 0.1) is 13.0 Å². The van der Waals surface area contributed by atoms with Crippen molar-refractivity contribution in [3.63, 3.8) is 0 Å². The molecule has 0 amide bonds. The highest BCUT2D eigenvalue weighted by atomic mass is 35.5. The van der Waals surface area contributed by atoms with Gasteiger partial charge in [-0.25, -0.2) is 13.5 Å². The maximum Gasteiger partial charge on any atom is 0.257 e. The summed E-state index contributed by atoms with van der Waals surface area (Å²) in [6.45, 7) is 4.04. The van der Waals surface area contributed by atoms with Crippen LogP contribution in [0.4, 0.5) is 4.39 Å². The molecule has 124 valence electrons. The van der Waals surface area contributed by atoms with E-state index in [4.69, 9.17) is 0 Å². The van der Waals surface area contributed by atoms with Crippen LogP contribution in [0.3, 0.4) is 0 Å². The summed E-state index contributed by atoms with van der Waals surface area (Å²) in [5.74, 6) is 1.18. The summed E-state index contributed by atoms with van der Waals surface area (Å²) in [6, 6.07) is 15.5. The molecular weight excluding hydrogens is 323 g/mol. The van der Waals surface area contributed by atoms with E-state index in [1.54, 1.807) is 0 Å². The van der Waals surface area contributed by atoms with E-state index < -0.39 is 0 Å². The molecule has 1 aromatic heterocycles. The maximum atomic E-state index is 13.2. The molecule has 0 N–H and O–H groups in total. The highest BCUT2D eigenvalue weighted by Crippen LogP contribution is 2.25. The first-order valence-corrected chi connectivity index (χ1v) is 8.14. The molecule has 2 aromatic carbocycles. The van der Waals surface area contributed by atoms with E-state index in [9.17, 15) is 4.39 Å². The Hall–Kier alpha value is -2.13. The van der Waals surface area contributed by atoms with Crippen LogP contribution >= 0.6 is 0 Å². The van der Waals surface area contributed by atoms with Crippen LogP contribution in [0.15, 0.2) is 54.7 Å². The van der Waals surface area contributed by atoms with Gasteiger partial charge in [0.2, 0.25) is 0 Å². The zero-order valence-electron chi connectivity index (χ0n) is 13.7. The highest BCUT2D eigenvalue weighted by molar-refractivity contribution is 5.58. The molecule has 24 heavy (non-hydrogen) atoms. The van der Waals surface area contributed by atoms with E-state index in [1.807, 2.05) is 12.1 Å². The second-order valence-corrected chi connectivity index (χ2v) is 6.31. The van der Waals surface area contributed by atoms with Crippen molar-refractivity contribution in [2.45, 2.75) is 32.9 Å². The molecule has 2 nitrogen and oxygen atoms in total. The van der Waals surface area contributed by atoms with Crippen LogP contribution < -0.4 is 17.0 Å². The topological polar surface area (TPSA) is 8.81 Å². The van der Waals surface area contributed by atoms with Crippen LogP contribution in [0, 0.1) is 12.7 Å². The molecule has 0 spiro atoms. The Morgan fingerprint density at radius 3 is 2.46 bits per heavy atom. The Bertz CT molecular complexity index is 835. The number of halogens is 2. The fraction of sp³-hybridized carbons (Fsp3) is 0.250. The van der Waals surface area contributed by atoms with Crippen molar-refractivity contribution in [2.24, 2.45) is 0 Å². The summed E-state index contributed by atoms with van der Waals surface area (Å²) >= 11 is 0. The van der Waals surface area contributed by atoms with E-state index >= 15 is 0 Å². The first-order chi connectivity index (χ1) is 11.2. The maximum absolute atomic E-state index is 13.2. The van der Waals surface area contributed by atoms with E-state index in [0.717, 1.165) is 25.1 Å². The predicted molar refractivity (Wildman–Crippen MR) is 88.6 cm³/mol. The number of fused-ring (bicyclic) bond motifs is 1. The van der Waals surface area contributed by atoms with Gasteiger partial charge in [0.25, 0.3) is 5.82 Å². The molecule has 2 heterocycles. The Labute approximate surface area is 148 Å². The molecule has 0 atom stereocenters. The van der Waals surface area contributed by atoms with E-state index in [-0.39, 0.29) is 18.2 Å². The number of hydrogen-bond donors (Lipinski definition) is 0. The van der Waals surface area contributed by atoms with Crippen LogP contribution in [-0.4, -0.2) is 4.57 Å². The third-order valence-corrected chi connectivity index (χ3v) is 4.61. The fourth-order valence-electron chi connectivity index (χ4n) is 3.39. The summed E-state index contributed by atoms with van der Waals surface area (Å²) in [7, 11) is 0. The van der Waals surface area contributed by atoms with Crippen molar-refractivity contribution in [1.82, 2.24) is 4.57 Å². The lowest BCUT2D eigenvalue weighted by atomic mass is 10.1. The van der Waals surface area contributed by atoms with Crippen molar-refractivity contribution in [3.8, 4) is 11.3 Å². The van der Waals surface area contributed by atoms with Gasteiger partial charge in [-0.3, -0.25) is 0 Å². The average Bonchev–Trinajstić information content (AvgIpc) is 3.14. The highest BCUT2D eigenvalue weighted by Gasteiger charge is 2.28. The molecule has 4 heteroatoms. The van der Waals surface area contributed by atoms with Crippen molar-refractivity contribution < 1.29 is 21.4 Å². The van der Waals surface area contributed by atoms with Gasteiger partial charge in [-0.15, -0.1) is 0 Å². The lowest BCUT2D eigenvalue weighted by molar-refractivity contribution is -0.694. The number of nitrogens with zero attached hydrogens (tertiary/aromatic N) is 2. The summed E-state index contributed by atoms with van der Waals surface area (Å²) < 4.78 is 17.9. The third kappa shape index (κ3) is 3.09. The van der Waals surface area contributed by atoms with E-state index in [0.29, 0.717) is 0 Å². The molecule has 0 aliphatic carbocycles. The lowest BCUT2D eigenvalue weighted by Gasteiger charge is -2.00. The fourth-order valence-corrected chi connectivity index (χ4v) is 3.39. The molecule has 1 aliphatic heterocycles. The smallest absolute Gasteiger partial charge is 0.257 e. The van der Waals surface area contributed by atoms with Gasteiger partial charge in [-0.1, -0.05) is 29.8 Å². The van der Waals surface area contributed by atoms with Gasteiger partial charge in [-0.05, 0) is 43.2 Å². The lowest BCUT2D eigenvalue weighted by Crippen LogP contribution is -3.00. The minimum Gasteiger partial charge on any atom is -1.00 e. The number of aryl methyl sites for hydroxylation is 1. The van der Waals surface area contributed by atoms with Crippen molar-refractivity contribution >= 4 is 0 Å². The summed E-state index contributed by atoms with van der Waals surface area (Å²) in [5.41, 5.74) is 4.86. The second kappa shape index (κ2) is 6.78. The second-order valence-electron chi connectivity index (χ2n) is 6.31. The van der Waals surface area contributed by atoms with E-state index in [2.05, 4.69) is 46.5 Å². The Kier molecular flexibility index (Phi) is 4.72. The Morgan fingerprint density at radius 2 is 1.75 bits per heavy atom. The number of hydrogen-bond acceptors (Lipinski definition) is 0. The van der Waals surface area contributed by atoms with Crippen molar-refractivity contribution in [2.75, 3.05) is 0 Å². The van der Waals surface area contributed by atoms with Gasteiger partial charge in [0.15, 0.2) is 5.69 Å². The predicted octanol–water partition coefficient (Wildman–Crippen LogP) is 0.889. The molecule has 0 bridgehead atoms. The minimum absolute atomic E-state index is 0. The van der Waals surface area contributed by atoms with Crippen LogP contribution in [0.5, 0.6) is 0 Å². The molecule has 0 radical (unpaired) electrons. The molecule has 0 saturated carbocycles.